The highest BCUT2D eigenvalue weighted by atomic mass is 79.9. The largest absolute Gasteiger partial charge is 0.241 e. The summed E-state index contributed by atoms with van der Waals surface area (Å²) in [6.07, 6.45) is 1.89. The van der Waals surface area contributed by atoms with Crippen molar-refractivity contribution in [3.63, 3.8) is 0 Å². The van der Waals surface area contributed by atoms with Crippen LogP contribution in [0.5, 0.6) is 0 Å². The van der Waals surface area contributed by atoms with Crippen molar-refractivity contribution in [3.05, 3.63) is 23.3 Å². The van der Waals surface area contributed by atoms with Gasteiger partial charge in [-0.25, -0.2) is 9.97 Å². The van der Waals surface area contributed by atoms with Gasteiger partial charge in [0.05, 0.1) is 5.69 Å². The first-order chi connectivity index (χ1) is 5.65. The summed E-state index contributed by atoms with van der Waals surface area (Å²) < 4.78 is 0. The summed E-state index contributed by atoms with van der Waals surface area (Å²) in [6, 6.07) is 0. The molecule has 0 saturated carbocycles. The predicted octanol–water partition coefficient (Wildman–Crippen LogP) is 2.80. The van der Waals surface area contributed by atoms with Crippen molar-refractivity contribution in [3.8, 4) is 0 Å². The summed E-state index contributed by atoms with van der Waals surface area (Å²) in [5.41, 5.74) is 2.24. The normalized spacial score (nSPS) is 10.8. The quantitative estimate of drug-likeness (QED) is 0.728. The number of hydrogen-bond donors (Lipinski definition) is 0. The van der Waals surface area contributed by atoms with Crippen molar-refractivity contribution in [2.75, 3.05) is 0 Å². The monoisotopic (exact) mass is 228 g/mol. The third-order valence-corrected chi connectivity index (χ3v) is 2.27. The molecule has 0 N–H and O–H groups in total. The summed E-state index contributed by atoms with van der Waals surface area (Å²) in [4.78, 5) is 8.69. The molecule has 3 heteroatoms. The van der Waals surface area contributed by atoms with Crippen LogP contribution in [0.1, 0.15) is 36.8 Å². The predicted molar refractivity (Wildman–Crippen MR) is 53.5 cm³/mol. The van der Waals surface area contributed by atoms with Crippen molar-refractivity contribution in [2.45, 2.75) is 32.0 Å². The van der Waals surface area contributed by atoms with E-state index in [1.165, 1.54) is 0 Å². The van der Waals surface area contributed by atoms with Crippen LogP contribution in [-0.2, 0) is 5.33 Å². The molecule has 0 aliphatic rings. The number of halogens is 1. The molecule has 1 heterocycles. The second-order valence-electron chi connectivity index (χ2n) is 3.15. The maximum atomic E-state index is 4.43. The Labute approximate surface area is 81.6 Å². The minimum atomic E-state index is 0.406. The molecule has 0 aliphatic heterocycles. The highest BCUT2D eigenvalue weighted by molar-refractivity contribution is 9.08. The van der Waals surface area contributed by atoms with E-state index in [1.807, 2.05) is 13.1 Å². The molecule has 1 aromatic rings. The van der Waals surface area contributed by atoms with Crippen LogP contribution in [0.4, 0.5) is 0 Å². The summed E-state index contributed by atoms with van der Waals surface area (Å²) in [6.45, 7) is 6.23. The number of aromatic nitrogens is 2. The minimum absolute atomic E-state index is 0.406. The van der Waals surface area contributed by atoms with Crippen molar-refractivity contribution < 1.29 is 0 Å². The Morgan fingerprint density at radius 2 is 2.17 bits per heavy atom. The van der Waals surface area contributed by atoms with Gasteiger partial charge in [0.15, 0.2) is 0 Å². The first-order valence-corrected chi connectivity index (χ1v) is 5.15. The molecule has 0 fully saturated rings. The van der Waals surface area contributed by atoms with Gasteiger partial charge in [0.1, 0.15) is 5.82 Å². The first-order valence-electron chi connectivity index (χ1n) is 4.03. The molecule has 0 unspecified atom stereocenters. The van der Waals surface area contributed by atoms with Gasteiger partial charge in [-0.1, -0.05) is 29.8 Å². The molecule has 2 nitrogen and oxygen atoms in total. The van der Waals surface area contributed by atoms with E-state index < -0.39 is 0 Å². The molecule has 0 saturated heterocycles. The number of nitrogens with zero attached hydrogens (tertiary/aromatic N) is 2. The van der Waals surface area contributed by atoms with Crippen LogP contribution in [-0.4, -0.2) is 9.97 Å². The van der Waals surface area contributed by atoms with Gasteiger partial charge in [0.2, 0.25) is 0 Å². The second kappa shape index (κ2) is 3.99. The van der Waals surface area contributed by atoms with E-state index in [4.69, 9.17) is 0 Å². The van der Waals surface area contributed by atoms with Crippen LogP contribution in [0, 0.1) is 6.92 Å². The summed E-state index contributed by atoms with van der Waals surface area (Å²) in [5.74, 6) is 1.33. The second-order valence-corrected chi connectivity index (χ2v) is 3.71. The molecule has 0 aromatic carbocycles. The maximum absolute atomic E-state index is 4.43. The van der Waals surface area contributed by atoms with E-state index in [0.29, 0.717) is 5.92 Å². The number of hydrogen-bond acceptors (Lipinski definition) is 2. The molecule has 0 radical (unpaired) electrons. The highest BCUT2D eigenvalue weighted by Gasteiger charge is 2.05. The number of alkyl halides is 1. The zero-order valence-electron chi connectivity index (χ0n) is 7.63. The molecule has 0 bridgehead atoms. The van der Waals surface area contributed by atoms with E-state index in [0.717, 1.165) is 22.4 Å². The lowest BCUT2D eigenvalue weighted by Crippen LogP contribution is -2.01. The van der Waals surface area contributed by atoms with E-state index >= 15 is 0 Å². The van der Waals surface area contributed by atoms with Gasteiger partial charge in [-0.3, -0.25) is 0 Å². The van der Waals surface area contributed by atoms with Crippen molar-refractivity contribution in [2.24, 2.45) is 0 Å². The van der Waals surface area contributed by atoms with Crippen LogP contribution in [0.3, 0.4) is 0 Å². The SMILES string of the molecule is Cc1cnc(C(C)C)nc1CBr. The fraction of sp³-hybridized carbons (Fsp3) is 0.556. The molecule has 0 atom stereocenters. The van der Waals surface area contributed by atoms with Crippen molar-refractivity contribution >= 4 is 15.9 Å². The van der Waals surface area contributed by atoms with E-state index in [2.05, 4.69) is 39.7 Å². The number of rotatable bonds is 2. The Morgan fingerprint density at radius 3 is 2.67 bits per heavy atom. The Kier molecular flexibility index (Phi) is 3.20. The van der Waals surface area contributed by atoms with Crippen LogP contribution in [0.15, 0.2) is 6.20 Å². The zero-order valence-corrected chi connectivity index (χ0v) is 9.22. The van der Waals surface area contributed by atoms with Crippen LogP contribution >= 0.6 is 15.9 Å². The van der Waals surface area contributed by atoms with Gasteiger partial charge in [-0.15, -0.1) is 0 Å². The van der Waals surface area contributed by atoms with Crippen molar-refractivity contribution in [1.82, 2.24) is 9.97 Å². The van der Waals surface area contributed by atoms with Gasteiger partial charge >= 0.3 is 0 Å². The molecular weight excluding hydrogens is 216 g/mol. The molecular formula is C9H13BrN2. The molecule has 0 spiro atoms. The average Bonchev–Trinajstić information content (AvgIpc) is 2.05. The average molecular weight is 229 g/mol. The maximum Gasteiger partial charge on any atom is 0.131 e. The van der Waals surface area contributed by atoms with Crippen LogP contribution in [0.25, 0.3) is 0 Å². The fourth-order valence-electron chi connectivity index (χ4n) is 0.906. The molecule has 12 heavy (non-hydrogen) atoms. The third-order valence-electron chi connectivity index (χ3n) is 1.74. The van der Waals surface area contributed by atoms with Gasteiger partial charge in [0, 0.05) is 17.4 Å². The summed E-state index contributed by atoms with van der Waals surface area (Å²) in [7, 11) is 0. The Morgan fingerprint density at radius 1 is 1.50 bits per heavy atom. The minimum Gasteiger partial charge on any atom is -0.241 e. The lowest BCUT2D eigenvalue weighted by atomic mass is 10.2. The first kappa shape index (κ1) is 9.65. The van der Waals surface area contributed by atoms with Gasteiger partial charge in [-0.2, -0.15) is 0 Å². The van der Waals surface area contributed by atoms with Crippen LogP contribution < -0.4 is 0 Å². The zero-order chi connectivity index (χ0) is 9.14. The van der Waals surface area contributed by atoms with E-state index in [9.17, 15) is 0 Å². The van der Waals surface area contributed by atoms with E-state index in [1.54, 1.807) is 0 Å². The number of aryl methyl sites for hydroxylation is 1. The lowest BCUT2D eigenvalue weighted by Gasteiger charge is -2.06. The molecule has 1 aromatic heterocycles. The van der Waals surface area contributed by atoms with Gasteiger partial charge in [-0.05, 0) is 12.5 Å². The van der Waals surface area contributed by atoms with E-state index in [-0.39, 0.29) is 0 Å². The molecule has 0 amide bonds. The Balaban J connectivity index is 3.05. The fourth-order valence-corrected chi connectivity index (χ4v) is 1.47. The topological polar surface area (TPSA) is 25.8 Å². The molecule has 0 aliphatic carbocycles. The molecule has 1 rings (SSSR count). The highest BCUT2D eigenvalue weighted by Crippen LogP contribution is 2.13. The molecule has 66 valence electrons. The standard InChI is InChI=1S/C9H13BrN2/c1-6(2)9-11-5-7(3)8(4-10)12-9/h5-6H,4H2,1-3H3. The Bertz CT molecular complexity index is 271. The third kappa shape index (κ3) is 2.03. The van der Waals surface area contributed by atoms with Crippen molar-refractivity contribution in [1.29, 1.82) is 0 Å². The Hall–Kier alpha value is -0.440. The lowest BCUT2D eigenvalue weighted by molar-refractivity contribution is 0.761. The van der Waals surface area contributed by atoms with Crippen LogP contribution in [0.2, 0.25) is 0 Å². The van der Waals surface area contributed by atoms with Gasteiger partial charge < -0.3 is 0 Å². The smallest absolute Gasteiger partial charge is 0.131 e. The summed E-state index contributed by atoms with van der Waals surface area (Å²) >= 11 is 3.40. The summed E-state index contributed by atoms with van der Waals surface area (Å²) in [5, 5.41) is 0.807. The van der Waals surface area contributed by atoms with Gasteiger partial charge in [0.25, 0.3) is 0 Å².